The van der Waals surface area contributed by atoms with Gasteiger partial charge in [-0.25, -0.2) is 0 Å². The fourth-order valence-corrected chi connectivity index (χ4v) is 0.583. The van der Waals surface area contributed by atoms with E-state index in [1.165, 1.54) is 0 Å². The molecule has 0 bridgehead atoms. The third kappa shape index (κ3) is 7.21. The third-order valence-corrected chi connectivity index (χ3v) is 1.03. The van der Waals surface area contributed by atoms with Crippen LogP contribution in [0.4, 0.5) is 0 Å². The lowest BCUT2D eigenvalue weighted by atomic mass is 10.2. The molecule has 1 aromatic carbocycles. The Morgan fingerprint density at radius 2 is 1.50 bits per heavy atom. The molecule has 1 rings (SSSR count). The Morgan fingerprint density at radius 3 is 1.75 bits per heavy atom. The van der Waals surface area contributed by atoms with E-state index in [4.69, 9.17) is 10.2 Å². The number of hydrogen-bond acceptors (Lipinski definition) is 2. The summed E-state index contributed by atoms with van der Waals surface area (Å²) < 4.78 is 0. The highest BCUT2D eigenvalue weighted by Gasteiger charge is 1.81. The number of rotatable bonds is 1. The Labute approximate surface area is 72.6 Å². The van der Waals surface area contributed by atoms with Crippen molar-refractivity contribution in [2.45, 2.75) is 13.5 Å². The van der Waals surface area contributed by atoms with Crippen molar-refractivity contribution in [1.29, 1.82) is 0 Å². The molecule has 0 amide bonds. The van der Waals surface area contributed by atoms with E-state index in [-0.39, 0.29) is 18.7 Å². The summed E-state index contributed by atoms with van der Waals surface area (Å²) in [6, 6.07) is 9.52. The van der Waals surface area contributed by atoms with Gasteiger partial charge in [-0.1, -0.05) is 30.3 Å². The van der Waals surface area contributed by atoms with Crippen LogP contribution in [0.1, 0.15) is 12.5 Å². The Morgan fingerprint density at radius 1 is 1.08 bits per heavy atom. The molecule has 0 unspecified atom stereocenters. The zero-order valence-corrected chi connectivity index (χ0v) is 7.20. The first-order valence-electron chi connectivity index (χ1n) is 3.60. The molecule has 0 saturated carbocycles. The lowest BCUT2D eigenvalue weighted by molar-refractivity contribution is 0.282. The van der Waals surface area contributed by atoms with E-state index in [0.29, 0.717) is 0 Å². The molecule has 12 heavy (non-hydrogen) atoms. The molecule has 0 spiro atoms. The Hall–Kier alpha value is -0.900. The smallest absolute Gasteiger partial charge is 0.0681 e. The molecule has 0 fully saturated rings. The molecular formula is C9H16O3. The minimum absolute atomic E-state index is 0. The third-order valence-electron chi connectivity index (χ3n) is 1.03. The van der Waals surface area contributed by atoms with Gasteiger partial charge in [-0.05, 0) is 12.5 Å². The maximum Gasteiger partial charge on any atom is 0.0681 e. The van der Waals surface area contributed by atoms with Gasteiger partial charge in [0, 0.05) is 6.61 Å². The van der Waals surface area contributed by atoms with Crippen molar-refractivity contribution in [3.05, 3.63) is 35.9 Å². The maximum absolute atomic E-state index is 8.54. The Balaban J connectivity index is 0. The summed E-state index contributed by atoms with van der Waals surface area (Å²) in [5.74, 6) is 0. The van der Waals surface area contributed by atoms with Gasteiger partial charge in [0.1, 0.15) is 0 Å². The van der Waals surface area contributed by atoms with E-state index >= 15 is 0 Å². The summed E-state index contributed by atoms with van der Waals surface area (Å²) in [7, 11) is 0. The Kier molecular flexibility index (Phi) is 11.5. The van der Waals surface area contributed by atoms with Crippen molar-refractivity contribution in [2.24, 2.45) is 0 Å². The average molecular weight is 172 g/mol. The van der Waals surface area contributed by atoms with Crippen LogP contribution in [-0.4, -0.2) is 22.3 Å². The lowest BCUT2D eigenvalue weighted by Gasteiger charge is -1.89. The van der Waals surface area contributed by atoms with E-state index in [0.717, 1.165) is 5.56 Å². The SMILES string of the molecule is CCO.O.OCc1ccccc1. The van der Waals surface area contributed by atoms with E-state index in [1.54, 1.807) is 6.92 Å². The second kappa shape index (κ2) is 10.1. The topological polar surface area (TPSA) is 72.0 Å². The van der Waals surface area contributed by atoms with Crippen LogP contribution in [0.5, 0.6) is 0 Å². The molecule has 0 aromatic heterocycles. The quantitative estimate of drug-likeness (QED) is 0.641. The molecule has 70 valence electrons. The second-order valence-electron chi connectivity index (χ2n) is 1.96. The molecule has 0 saturated heterocycles. The van der Waals surface area contributed by atoms with Crippen LogP contribution in [0.25, 0.3) is 0 Å². The van der Waals surface area contributed by atoms with Gasteiger partial charge >= 0.3 is 0 Å². The maximum atomic E-state index is 8.54. The molecule has 0 aliphatic carbocycles. The van der Waals surface area contributed by atoms with Crippen LogP contribution in [0.3, 0.4) is 0 Å². The largest absolute Gasteiger partial charge is 0.412 e. The summed E-state index contributed by atoms with van der Waals surface area (Å²) in [6.07, 6.45) is 0. The van der Waals surface area contributed by atoms with Gasteiger partial charge in [0.2, 0.25) is 0 Å². The number of aliphatic hydroxyl groups is 2. The van der Waals surface area contributed by atoms with Crippen LogP contribution in [0.15, 0.2) is 30.3 Å². The number of aliphatic hydroxyl groups excluding tert-OH is 2. The minimum atomic E-state index is 0. The molecule has 4 N–H and O–H groups in total. The van der Waals surface area contributed by atoms with Gasteiger partial charge in [-0.3, -0.25) is 0 Å². The molecule has 0 aliphatic rings. The second-order valence-corrected chi connectivity index (χ2v) is 1.96. The van der Waals surface area contributed by atoms with Gasteiger partial charge < -0.3 is 15.7 Å². The van der Waals surface area contributed by atoms with Crippen molar-refractivity contribution in [3.8, 4) is 0 Å². The molecule has 3 heteroatoms. The molecule has 0 aliphatic heterocycles. The standard InChI is InChI=1S/C7H8O.C2H6O.H2O/c8-6-7-4-2-1-3-5-7;1-2-3;/h1-5,8H,6H2;3H,2H2,1H3;1H2. The highest BCUT2D eigenvalue weighted by molar-refractivity contribution is 5.12. The van der Waals surface area contributed by atoms with Crippen molar-refractivity contribution < 1.29 is 15.7 Å². The minimum Gasteiger partial charge on any atom is -0.412 e. The van der Waals surface area contributed by atoms with Crippen LogP contribution in [0, 0.1) is 0 Å². The van der Waals surface area contributed by atoms with E-state index < -0.39 is 0 Å². The van der Waals surface area contributed by atoms with Crippen molar-refractivity contribution >= 4 is 0 Å². The van der Waals surface area contributed by atoms with Gasteiger partial charge in [0.15, 0.2) is 0 Å². The van der Waals surface area contributed by atoms with Gasteiger partial charge in [0.25, 0.3) is 0 Å². The molecule has 0 heterocycles. The summed E-state index contributed by atoms with van der Waals surface area (Å²) in [5.41, 5.74) is 0.965. The monoisotopic (exact) mass is 172 g/mol. The summed E-state index contributed by atoms with van der Waals surface area (Å²) in [4.78, 5) is 0. The first-order chi connectivity index (χ1) is 5.35. The molecule has 0 atom stereocenters. The highest BCUT2D eigenvalue weighted by atomic mass is 16.3. The molecule has 3 nitrogen and oxygen atoms in total. The molecule has 0 radical (unpaired) electrons. The zero-order valence-electron chi connectivity index (χ0n) is 7.20. The molecule has 1 aromatic rings. The van der Waals surface area contributed by atoms with Crippen LogP contribution < -0.4 is 0 Å². The van der Waals surface area contributed by atoms with Gasteiger partial charge in [-0.2, -0.15) is 0 Å². The predicted molar refractivity (Wildman–Crippen MR) is 48.7 cm³/mol. The van der Waals surface area contributed by atoms with Crippen LogP contribution >= 0.6 is 0 Å². The highest BCUT2D eigenvalue weighted by Crippen LogP contribution is 1.95. The predicted octanol–water partition coefficient (Wildman–Crippen LogP) is 0.353. The van der Waals surface area contributed by atoms with E-state index in [2.05, 4.69) is 0 Å². The van der Waals surface area contributed by atoms with E-state index in [9.17, 15) is 0 Å². The van der Waals surface area contributed by atoms with Crippen molar-refractivity contribution in [2.75, 3.05) is 6.61 Å². The normalized spacial score (nSPS) is 7.58. The van der Waals surface area contributed by atoms with Crippen LogP contribution in [0.2, 0.25) is 0 Å². The fourth-order valence-electron chi connectivity index (χ4n) is 0.583. The zero-order chi connectivity index (χ0) is 8.53. The summed E-state index contributed by atoms with van der Waals surface area (Å²) in [5, 5.41) is 16.1. The Bertz CT molecular complexity index is 163. The first-order valence-corrected chi connectivity index (χ1v) is 3.60. The van der Waals surface area contributed by atoms with E-state index in [1.807, 2.05) is 30.3 Å². The van der Waals surface area contributed by atoms with Crippen LogP contribution in [-0.2, 0) is 6.61 Å². The molecular weight excluding hydrogens is 156 g/mol. The van der Waals surface area contributed by atoms with Crippen molar-refractivity contribution in [1.82, 2.24) is 0 Å². The summed E-state index contributed by atoms with van der Waals surface area (Å²) >= 11 is 0. The number of benzene rings is 1. The van der Waals surface area contributed by atoms with Crippen molar-refractivity contribution in [3.63, 3.8) is 0 Å². The number of hydrogen-bond donors (Lipinski definition) is 2. The summed E-state index contributed by atoms with van der Waals surface area (Å²) in [6.45, 7) is 2.07. The average Bonchev–Trinajstić information content (AvgIpc) is 2.08. The first kappa shape index (κ1) is 13.7. The fraction of sp³-hybridized carbons (Fsp3) is 0.333. The lowest BCUT2D eigenvalue weighted by Crippen LogP contribution is -1.77. The van der Waals surface area contributed by atoms with Gasteiger partial charge in [0.05, 0.1) is 6.61 Å². The van der Waals surface area contributed by atoms with Gasteiger partial charge in [-0.15, -0.1) is 0 Å².